The molecule has 5 rings (SSSR count). The zero-order valence-corrected chi connectivity index (χ0v) is 23.2. The second-order valence-corrected chi connectivity index (χ2v) is 10.8. The number of halogens is 5. The van der Waals surface area contributed by atoms with Gasteiger partial charge in [-0.3, -0.25) is 24.2 Å². The van der Waals surface area contributed by atoms with Gasteiger partial charge in [0.2, 0.25) is 11.8 Å². The van der Waals surface area contributed by atoms with Crippen molar-refractivity contribution in [1.82, 2.24) is 10.3 Å². The number of hydrogen-bond acceptors (Lipinski definition) is 4. The van der Waals surface area contributed by atoms with Gasteiger partial charge in [-0.15, -0.1) is 0 Å². The van der Waals surface area contributed by atoms with Crippen LogP contribution in [0.5, 0.6) is 0 Å². The number of hydrogen-bond donors (Lipinski definition) is 1. The number of carbonyl (C=O) groups excluding carboxylic acids is 3. The fourth-order valence-corrected chi connectivity index (χ4v) is 5.80. The van der Waals surface area contributed by atoms with Crippen molar-refractivity contribution >= 4 is 58.1 Å². The number of nitrogens with one attached hydrogen (secondary N) is 1. The molecule has 3 amide bonds. The van der Waals surface area contributed by atoms with Crippen LogP contribution in [0.1, 0.15) is 37.3 Å². The van der Waals surface area contributed by atoms with Crippen LogP contribution >= 0.6 is 23.2 Å². The van der Waals surface area contributed by atoms with Crippen molar-refractivity contribution in [3.8, 4) is 0 Å². The summed E-state index contributed by atoms with van der Waals surface area (Å²) in [6, 6.07) is 8.38. The number of aromatic nitrogens is 1. The van der Waals surface area contributed by atoms with Crippen LogP contribution in [-0.4, -0.2) is 40.7 Å². The standard InChI is InChI=1S/C29H22Cl2F3N5O3/c1-35-17-10-11-36-23(13-17)39-22(8-9-24(39)40)28(42)38(19-5-2-4-16(32)12-19)26(25-20(30)6-3-7-21(25)31)27(41)37-18-14-29(33,34)15-18/h2-7,10-13,18,22,26H,8-9,14-15H2,(H,37,41)/t22-,26+/m0/s1. The van der Waals surface area contributed by atoms with Crippen molar-refractivity contribution in [2.45, 2.75) is 49.7 Å². The van der Waals surface area contributed by atoms with E-state index in [1.807, 2.05) is 0 Å². The van der Waals surface area contributed by atoms with Crippen molar-refractivity contribution in [3.05, 3.63) is 93.6 Å². The van der Waals surface area contributed by atoms with Gasteiger partial charge in [-0.25, -0.2) is 23.0 Å². The Bertz CT molecular complexity index is 1590. The number of pyridine rings is 1. The Morgan fingerprint density at radius 3 is 2.45 bits per heavy atom. The normalized spacial score (nSPS) is 18.6. The molecule has 2 aliphatic rings. The van der Waals surface area contributed by atoms with Gasteiger partial charge >= 0.3 is 0 Å². The van der Waals surface area contributed by atoms with Gasteiger partial charge in [-0.2, -0.15) is 0 Å². The third-order valence-corrected chi connectivity index (χ3v) is 7.80. The summed E-state index contributed by atoms with van der Waals surface area (Å²) in [6.07, 6.45) is 0.118. The third kappa shape index (κ3) is 5.78. The molecular weight excluding hydrogens is 594 g/mol. The van der Waals surface area contributed by atoms with Crippen molar-refractivity contribution in [2.75, 3.05) is 9.80 Å². The van der Waals surface area contributed by atoms with Gasteiger partial charge in [0.05, 0.1) is 6.57 Å². The summed E-state index contributed by atoms with van der Waals surface area (Å²) in [5.41, 5.74) is 0.119. The SMILES string of the molecule is [C-]#[N+]c1ccnc(N2C(=O)CC[C@H]2C(=O)N(c2cccc(F)c2)[C@@H](C(=O)NC2CC(F)(F)C2)c2c(Cl)cccc2Cl)c1. The molecule has 2 heterocycles. The Labute approximate surface area is 248 Å². The first kappa shape index (κ1) is 29.4. The average molecular weight is 616 g/mol. The van der Waals surface area contributed by atoms with Crippen LogP contribution in [0.4, 0.5) is 30.4 Å². The van der Waals surface area contributed by atoms with E-state index in [2.05, 4.69) is 15.1 Å². The first-order valence-corrected chi connectivity index (χ1v) is 13.6. The lowest BCUT2D eigenvalue weighted by molar-refractivity contribution is -0.133. The summed E-state index contributed by atoms with van der Waals surface area (Å²) in [7, 11) is 0. The molecule has 1 saturated heterocycles. The monoisotopic (exact) mass is 615 g/mol. The van der Waals surface area contributed by atoms with E-state index >= 15 is 0 Å². The van der Waals surface area contributed by atoms with Crippen LogP contribution in [-0.2, 0) is 14.4 Å². The number of nitrogens with zero attached hydrogens (tertiary/aromatic N) is 4. The smallest absolute Gasteiger partial charge is 0.252 e. The maximum Gasteiger partial charge on any atom is 0.252 e. The van der Waals surface area contributed by atoms with E-state index in [1.165, 1.54) is 48.7 Å². The molecule has 216 valence electrons. The fourth-order valence-electron chi connectivity index (χ4n) is 5.20. The summed E-state index contributed by atoms with van der Waals surface area (Å²) in [5.74, 6) is -5.72. The van der Waals surface area contributed by atoms with E-state index < -0.39 is 60.4 Å². The molecule has 8 nitrogen and oxygen atoms in total. The summed E-state index contributed by atoms with van der Waals surface area (Å²) in [4.78, 5) is 51.1. The minimum Gasteiger partial charge on any atom is -0.351 e. The molecule has 0 spiro atoms. The molecule has 2 fully saturated rings. The predicted molar refractivity (Wildman–Crippen MR) is 150 cm³/mol. The molecule has 1 aliphatic heterocycles. The summed E-state index contributed by atoms with van der Waals surface area (Å²) >= 11 is 13.0. The van der Waals surface area contributed by atoms with Crippen molar-refractivity contribution in [2.24, 2.45) is 0 Å². The van der Waals surface area contributed by atoms with E-state index in [1.54, 1.807) is 0 Å². The average Bonchev–Trinajstić information content (AvgIpc) is 3.32. The van der Waals surface area contributed by atoms with Gasteiger partial charge in [0.15, 0.2) is 5.69 Å². The molecular formula is C29H22Cl2F3N5O3. The number of carbonyl (C=O) groups is 3. The van der Waals surface area contributed by atoms with Crippen LogP contribution < -0.4 is 15.1 Å². The molecule has 2 aromatic carbocycles. The molecule has 2 atom stereocenters. The highest BCUT2D eigenvalue weighted by Crippen LogP contribution is 2.41. The van der Waals surface area contributed by atoms with Crippen LogP contribution in [0.3, 0.4) is 0 Å². The number of rotatable bonds is 7. The molecule has 1 saturated carbocycles. The summed E-state index contributed by atoms with van der Waals surface area (Å²) < 4.78 is 41.8. The Kier molecular flexibility index (Phi) is 8.12. The number of anilines is 2. The van der Waals surface area contributed by atoms with E-state index in [9.17, 15) is 27.6 Å². The molecule has 13 heteroatoms. The Balaban J connectivity index is 1.63. The van der Waals surface area contributed by atoms with E-state index in [-0.39, 0.29) is 45.6 Å². The fraction of sp³-hybridized carbons (Fsp3) is 0.276. The minimum atomic E-state index is -2.94. The van der Waals surface area contributed by atoms with Gasteiger partial charge in [-0.1, -0.05) is 35.3 Å². The quantitative estimate of drug-likeness (QED) is 0.318. The topological polar surface area (TPSA) is 87.0 Å². The van der Waals surface area contributed by atoms with Gasteiger partial charge in [0.25, 0.3) is 11.8 Å². The second-order valence-electron chi connectivity index (χ2n) is 10.00. The second kappa shape index (κ2) is 11.6. The molecule has 0 unspecified atom stereocenters. The predicted octanol–water partition coefficient (Wildman–Crippen LogP) is 6.26. The lowest BCUT2D eigenvalue weighted by Crippen LogP contribution is -2.56. The summed E-state index contributed by atoms with van der Waals surface area (Å²) in [5, 5.41) is 2.55. The Morgan fingerprint density at radius 2 is 1.81 bits per heavy atom. The van der Waals surface area contributed by atoms with Crippen molar-refractivity contribution in [1.29, 1.82) is 0 Å². The molecule has 1 aromatic heterocycles. The highest BCUT2D eigenvalue weighted by Gasteiger charge is 2.49. The Hall–Kier alpha value is -4.14. The van der Waals surface area contributed by atoms with Gasteiger partial charge < -0.3 is 5.32 Å². The highest BCUT2D eigenvalue weighted by atomic mass is 35.5. The minimum absolute atomic E-state index is 0.00146. The summed E-state index contributed by atoms with van der Waals surface area (Å²) in [6.45, 7) is 7.30. The van der Waals surface area contributed by atoms with Gasteiger partial charge in [0.1, 0.15) is 23.7 Å². The Morgan fingerprint density at radius 1 is 1.12 bits per heavy atom. The maximum atomic E-state index is 14.6. The zero-order chi connectivity index (χ0) is 30.2. The lowest BCUT2D eigenvalue weighted by Gasteiger charge is -2.39. The van der Waals surface area contributed by atoms with Crippen LogP contribution in [0.2, 0.25) is 10.0 Å². The first-order valence-electron chi connectivity index (χ1n) is 12.9. The zero-order valence-electron chi connectivity index (χ0n) is 21.7. The van der Waals surface area contributed by atoms with Gasteiger partial charge in [-0.05, 0) is 48.9 Å². The maximum absolute atomic E-state index is 14.6. The molecule has 1 N–H and O–H groups in total. The van der Waals surface area contributed by atoms with E-state index in [4.69, 9.17) is 29.8 Å². The molecule has 0 bridgehead atoms. The van der Waals surface area contributed by atoms with Crippen LogP contribution in [0.25, 0.3) is 4.85 Å². The van der Waals surface area contributed by atoms with Crippen LogP contribution in [0, 0.1) is 12.4 Å². The number of amides is 3. The first-order chi connectivity index (χ1) is 20.0. The molecule has 1 aliphatic carbocycles. The van der Waals surface area contributed by atoms with Gasteiger partial charge in [0, 0.05) is 52.8 Å². The number of benzene rings is 2. The lowest BCUT2D eigenvalue weighted by atomic mass is 9.87. The van der Waals surface area contributed by atoms with E-state index in [0.717, 1.165) is 21.9 Å². The van der Waals surface area contributed by atoms with Crippen LogP contribution in [0.15, 0.2) is 60.8 Å². The highest BCUT2D eigenvalue weighted by molar-refractivity contribution is 6.36. The van der Waals surface area contributed by atoms with E-state index in [0.29, 0.717) is 0 Å². The molecule has 0 radical (unpaired) electrons. The molecule has 3 aromatic rings. The number of alkyl halides is 2. The van der Waals surface area contributed by atoms with Crippen molar-refractivity contribution < 1.29 is 27.6 Å². The largest absolute Gasteiger partial charge is 0.351 e. The van der Waals surface area contributed by atoms with Crippen molar-refractivity contribution in [3.63, 3.8) is 0 Å². The third-order valence-electron chi connectivity index (χ3n) is 7.14. The molecule has 42 heavy (non-hydrogen) atoms.